The van der Waals surface area contributed by atoms with E-state index in [0.29, 0.717) is 6.04 Å². The number of rotatable bonds is 4. The van der Waals surface area contributed by atoms with Crippen molar-refractivity contribution in [2.24, 2.45) is 0 Å². The summed E-state index contributed by atoms with van der Waals surface area (Å²) in [5.74, 6) is 0. The SMILES string of the molecule is CC1CC(NCCc2ccccc2)CN1C. The second-order valence-electron chi connectivity index (χ2n) is 4.91. The zero-order valence-electron chi connectivity index (χ0n) is 10.3. The molecule has 0 aliphatic carbocycles. The van der Waals surface area contributed by atoms with Crippen LogP contribution in [0.5, 0.6) is 0 Å². The number of likely N-dealkylation sites (N-methyl/N-ethyl adjacent to an activating group) is 1. The highest BCUT2D eigenvalue weighted by Gasteiger charge is 2.24. The molecule has 0 spiro atoms. The molecule has 1 fully saturated rings. The minimum atomic E-state index is 0.684. The Kier molecular flexibility index (Phi) is 3.97. The van der Waals surface area contributed by atoms with Crippen LogP contribution in [0.1, 0.15) is 18.9 Å². The predicted octanol–water partition coefficient (Wildman–Crippen LogP) is 1.91. The van der Waals surface area contributed by atoms with Gasteiger partial charge in [-0.2, -0.15) is 0 Å². The first kappa shape index (κ1) is 11.6. The molecule has 1 saturated heterocycles. The summed E-state index contributed by atoms with van der Waals surface area (Å²) in [6.07, 6.45) is 2.42. The normalized spacial score (nSPS) is 26.1. The Morgan fingerprint density at radius 2 is 2.06 bits per heavy atom. The van der Waals surface area contributed by atoms with Crippen LogP contribution >= 0.6 is 0 Å². The third-order valence-corrected chi connectivity index (χ3v) is 3.58. The maximum absolute atomic E-state index is 3.65. The summed E-state index contributed by atoms with van der Waals surface area (Å²) in [7, 11) is 2.21. The highest BCUT2D eigenvalue weighted by atomic mass is 15.2. The van der Waals surface area contributed by atoms with Gasteiger partial charge in [0.1, 0.15) is 0 Å². The summed E-state index contributed by atoms with van der Waals surface area (Å²) < 4.78 is 0. The van der Waals surface area contributed by atoms with Gasteiger partial charge in [0.25, 0.3) is 0 Å². The molecule has 1 N–H and O–H groups in total. The molecule has 2 rings (SSSR count). The fraction of sp³-hybridized carbons (Fsp3) is 0.571. The van der Waals surface area contributed by atoms with Crippen molar-refractivity contribution in [1.82, 2.24) is 10.2 Å². The largest absolute Gasteiger partial charge is 0.312 e. The average Bonchev–Trinajstić information content (AvgIpc) is 2.60. The van der Waals surface area contributed by atoms with Gasteiger partial charge in [-0.25, -0.2) is 0 Å². The molecule has 1 aromatic carbocycles. The van der Waals surface area contributed by atoms with Crippen LogP contribution in [0.2, 0.25) is 0 Å². The Labute approximate surface area is 98.7 Å². The first-order chi connectivity index (χ1) is 7.75. The quantitative estimate of drug-likeness (QED) is 0.830. The molecule has 2 atom stereocenters. The Bertz CT molecular complexity index is 300. The Balaban J connectivity index is 1.69. The number of likely N-dealkylation sites (tertiary alicyclic amines) is 1. The first-order valence-electron chi connectivity index (χ1n) is 6.23. The number of hydrogen-bond donors (Lipinski definition) is 1. The van der Waals surface area contributed by atoms with E-state index >= 15 is 0 Å². The monoisotopic (exact) mass is 218 g/mol. The highest BCUT2D eigenvalue weighted by molar-refractivity contribution is 5.14. The molecular weight excluding hydrogens is 196 g/mol. The fourth-order valence-electron chi connectivity index (χ4n) is 2.41. The van der Waals surface area contributed by atoms with Gasteiger partial charge in [0.05, 0.1) is 0 Å². The third-order valence-electron chi connectivity index (χ3n) is 3.58. The van der Waals surface area contributed by atoms with E-state index in [0.717, 1.165) is 19.0 Å². The molecular formula is C14H22N2. The second-order valence-corrected chi connectivity index (χ2v) is 4.91. The topological polar surface area (TPSA) is 15.3 Å². The van der Waals surface area contributed by atoms with Crippen LogP contribution in [0, 0.1) is 0 Å². The second kappa shape index (κ2) is 5.46. The van der Waals surface area contributed by atoms with E-state index in [2.05, 4.69) is 54.5 Å². The van der Waals surface area contributed by atoms with Crippen molar-refractivity contribution in [3.8, 4) is 0 Å². The van der Waals surface area contributed by atoms with Gasteiger partial charge in [-0.1, -0.05) is 30.3 Å². The van der Waals surface area contributed by atoms with Crippen LogP contribution in [0.4, 0.5) is 0 Å². The maximum atomic E-state index is 3.65. The van der Waals surface area contributed by atoms with Gasteiger partial charge in [-0.3, -0.25) is 0 Å². The summed E-state index contributed by atoms with van der Waals surface area (Å²) >= 11 is 0. The van der Waals surface area contributed by atoms with E-state index in [4.69, 9.17) is 0 Å². The Hall–Kier alpha value is -0.860. The van der Waals surface area contributed by atoms with Crippen LogP contribution in [0.3, 0.4) is 0 Å². The summed E-state index contributed by atoms with van der Waals surface area (Å²) in [6.45, 7) is 4.59. The van der Waals surface area contributed by atoms with Crippen molar-refractivity contribution in [3.63, 3.8) is 0 Å². The van der Waals surface area contributed by atoms with Gasteiger partial charge in [0, 0.05) is 18.6 Å². The van der Waals surface area contributed by atoms with Crippen LogP contribution in [-0.4, -0.2) is 37.1 Å². The number of benzene rings is 1. The van der Waals surface area contributed by atoms with E-state index < -0.39 is 0 Å². The van der Waals surface area contributed by atoms with Crippen molar-refractivity contribution in [3.05, 3.63) is 35.9 Å². The zero-order valence-corrected chi connectivity index (χ0v) is 10.3. The molecule has 2 heteroatoms. The van der Waals surface area contributed by atoms with Gasteiger partial charge in [0.2, 0.25) is 0 Å². The van der Waals surface area contributed by atoms with Gasteiger partial charge >= 0.3 is 0 Å². The smallest absolute Gasteiger partial charge is 0.0209 e. The lowest BCUT2D eigenvalue weighted by molar-refractivity contribution is 0.327. The summed E-state index contributed by atoms with van der Waals surface area (Å²) in [6, 6.07) is 12.1. The summed E-state index contributed by atoms with van der Waals surface area (Å²) in [5, 5.41) is 3.65. The molecule has 0 aromatic heterocycles. The molecule has 0 saturated carbocycles. The molecule has 2 nitrogen and oxygen atoms in total. The van der Waals surface area contributed by atoms with Crippen LogP contribution in [0.15, 0.2) is 30.3 Å². The predicted molar refractivity (Wildman–Crippen MR) is 68.6 cm³/mol. The van der Waals surface area contributed by atoms with Gasteiger partial charge in [-0.15, -0.1) is 0 Å². The lowest BCUT2D eigenvalue weighted by Crippen LogP contribution is -2.32. The lowest BCUT2D eigenvalue weighted by Gasteiger charge is -2.13. The van der Waals surface area contributed by atoms with Crippen LogP contribution < -0.4 is 5.32 Å². The van der Waals surface area contributed by atoms with Gasteiger partial charge in [-0.05, 0) is 38.9 Å². The van der Waals surface area contributed by atoms with E-state index in [-0.39, 0.29) is 0 Å². The zero-order chi connectivity index (χ0) is 11.4. The number of nitrogens with zero attached hydrogens (tertiary/aromatic N) is 1. The number of hydrogen-bond acceptors (Lipinski definition) is 2. The van der Waals surface area contributed by atoms with Crippen molar-refractivity contribution < 1.29 is 0 Å². The third kappa shape index (κ3) is 3.06. The average molecular weight is 218 g/mol. The highest BCUT2D eigenvalue weighted by Crippen LogP contribution is 2.14. The summed E-state index contributed by atoms with van der Waals surface area (Å²) in [5.41, 5.74) is 1.43. The Morgan fingerprint density at radius 1 is 1.31 bits per heavy atom. The van der Waals surface area contributed by atoms with E-state index in [1.165, 1.54) is 18.5 Å². The molecule has 1 aliphatic heterocycles. The standard InChI is InChI=1S/C14H22N2/c1-12-10-14(11-16(12)2)15-9-8-13-6-4-3-5-7-13/h3-7,12,14-15H,8-11H2,1-2H3. The molecule has 1 aromatic rings. The van der Waals surface area contributed by atoms with Crippen molar-refractivity contribution >= 4 is 0 Å². The van der Waals surface area contributed by atoms with Crippen LogP contribution in [-0.2, 0) is 6.42 Å². The molecule has 1 aliphatic rings. The number of nitrogens with one attached hydrogen (secondary N) is 1. The molecule has 2 unspecified atom stereocenters. The molecule has 1 heterocycles. The van der Waals surface area contributed by atoms with Gasteiger partial charge < -0.3 is 10.2 Å². The molecule has 0 amide bonds. The van der Waals surface area contributed by atoms with Crippen LogP contribution in [0.25, 0.3) is 0 Å². The van der Waals surface area contributed by atoms with E-state index in [9.17, 15) is 0 Å². The molecule has 88 valence electrons. The molecule has 0 bridgehead atoms. The minimum Gasteiger partial charge on any atom is -0.312 e. The Morgan fingerprint density at radius 3 is 2.69 bits per heavy atom. The minimum absolute atomic E-state index is 0.684. The summed E-state index contributed by atoms with van der Waals surface area (Å²) in [4.78, 5) is 2.43. The molecule has 0 radical (unpaired) electrons. The van der Waals surface area contributed by atoms with Crippen molar-refractivity contribution in [2.75, 3.05) is 20.1 Å². The maximum Gasteiger partial charge on any atom is 0.0209 e. The van der Waals surface area contributed by atoms with E-state index in [1.54, 1.807) is 0 Å². The fourth-order valence-corrected chi connectivity index (χ4v) is 2.41. The van der Waals surface area contributed by atoms with Gasteiger partial charge in [0.15, 0.2) is 0 Å². The van der Waals surface area contributed by atoms with E-state index in [1.807, 2.05) is 0 Å². The first-order valence-corrected chi connectivity index (χ1v) is 6.23. The lowest BCUT2D eigenvalue weighted by atomic mass is 10.1. The van der Waals surface area contributed by atoms with Crippen molar-refractivity contribution in [2.45, 2.75) is 31.8 Å². The van der Waals surface area contributed by atoms with Crippen molar-refractivity contribution in [1.29, 1.82) is 0 Å². The molecule has 16 heavy (non-hydrogen) atoms.